The summed E-state index contributed by atoms with van der Waals surface area (Å²) in [6.45, 7) is 0.338. The number of nitrogens with zero attached hydrogens (tertiary/aromatic N) is 3. The fourth-order valence-electron chi connectivity index (χ4n) is 1.13. The molecule has 0 fully saturated rings. The first kappa shape index (κ1) is 12.8. The van der Waals surface area contributed by atoms with Crippen molar-refractivity contribution in [1.82, 2.24) is 15.0 Å². The van der Waals surface area contributed by atoms with E-state index in [1.54, 1.807) is 0 Å². The van der Waals surface area contributed by atoms with Crippen molar-refractivity contribution in [2.75, 3.05) is 0 Å². The lowest BCUT2D eigenvalue weighted by Crippen LogP contribution is -2.26. The topological polar surface area (TPSA) is 56.7 Å². The molecule has 9 heteroatoms. The van der Waals surface area contributed by atoms with E-state index >= 15 is 0 Å². The van der Waals surface area contributed by atoms with Crippen molar-refractivity contribution in [3.05, 3.63) is 11.4 Å². The molecule has 1 heterocycles. The van der Waals surface area contributed by atoms with Gasteiger partial charge in [-0.2, -0.15) is 13.2 Å². The van der Waals surface area contributed by atoms with Gasteiger partial charge in [-0.1, -0.05) is 5.21 Å². The standard InChI is InChI=1S/C7H9F5N4/c1-3(7(10,11)12)16-5(6(8)9)4(2-13)14-15-16/h3,6H,2,13H2,1H3. The number of alkyl halides is 5. The third-order valence-corrected chi connectivity index (χ3v) is 2.04. The molecule has 1 rings (SSSR count). The molecular formula is C7H9F5N4. The minimum absolute atomic E-state index is 0.160. The van der Waals surface area contributed by atoms with Gasteiger partial charge in [0.15, 0.2) is 0 Å². The van der Waals surface area contributed by atoms with Crippen molar-refractivity contribution >= 4 is 0 Å². The van der Waals surface area contributed by atoms with Gasteiger partial charge >= 0.3 is 6.18 Å². The minimum Gasteiger partial charge on any atom is -0.325 e. The number of hydrogen-bond donors (Lipinski definition) is 1. The summed E-state index contributed by atoms with van der Waals surface area (Å²) in [5, 5.41) is 6.26. The van der Waals surface area contributed by atoms with E-state index in [4.69, 9.17) is 5.73 Å². The number of hydrogen-bond acceptors (Lipinski definition) is 3. The van der Waals surface area contributed by atoms with Crippen molar-refractivity contribution in [2.45, 2.75) is 32.1 Å². The van der Waals surface area contributed by atoms with Crippen LogP contribution in [0.1, 0.15) is 30.8 Å². The van der Waals surface area contributed by atoms with Gasteiger partial charge in [0.05, 0.1) is 0 Å². The molecule has 0 saturated carbocycles. The monoisotopic (exact) mass is 244 g/mol. The second kappa shape index (κ2) is 4.32. The predicted octanol–water partition coefficient (Wildman–Crippen LogP) is 1.80. The van der Waals surface area contributed by atoms with Crippen molar-refractivity contribution in [3.63, 3.8) is 0 Å². The maximum Gasteiger partial charge on any atom is 0.410 e. The molecule has 0 spiro atoms. The molecule has 0 aliphatic rings. The summed E-state index contributed by atoms with van der Waals surface area (Å²) in [5.74, 6) is 0. The third-order valence-electron chi connectivity index (χ3n) is 2.04. The second-order valence-corrected chi connectivity index (χ2v) is 3.09. The Kier molecular flexibility index (Phi) is 3.46. The van der Waals surface area contributed by atoms with Crippen LogP contribution in [0.3, 0.4) is 0 Å². The number of rotatable bonds is 3. The lowest BCUT2D eigenvalue weighted by molar-refractivity contribution is -0.166. The number of nitrogens with two attached hydrogens (primary N) is 1. The number of halogens is 5. The van der Waals surface area contributed by atoms with Crippen LogP contribution in [0.5, 0.6) is 0 Å². The smallest absolute Gasteiger partial charge is 0.325 e. The molecule has 92 valence electrons. The van der Waals surface area contributed by atoms with Gasteiger partial charge in [0, 0.05) is 6.54 Å². The molecule has 0 aromatic carbocycles. The highest BCUT2D eigenvalue weighted by Gasteiger charge is 2.41. The molecule has 4 nitrogen and oxygen atoms in total. The van der Waals surface area contributed by atoms with Crippen LogP contribution in [0.25, 0.3) is 0 Å². The lowest BCUT2D eigenvalue weighted by atomic mass is 10.2. The van der Waals surface area contributed by atoms with Crippen LogP contribution in [0.15, 0.2) is 0 Å². The van der Waals surface area contributed by atoms with E-state index in [1.165, 1.54) is 0 Å². The average Bonchev–Trinajstić information content (AvgIpc) is 2.57. The molecular weight excluding hydrogens is 235 g/mol. The summed E-state index contributed by atoms with van der Waals surface area (Å²) in [4.78, 5) is 0. The minimum atomic E-state index is -4.66. The van der Waals surface area contributed by atoms with Crippen LogP contribution in [0, 0.1) is 0 Å². The molecule has 0 amide bonds. The molecule has 2 N–H and O–H groups in total. The van der Waals surface area contributed by atoms with Gasteiger partial charge in [0.2, 0.25) is 0 Å². The van der Waals surface area contributed by atoms with Crippen molar-refractivity contribution in [3.8, 4) is 0 Å². The fraction of sp³-hybridized carbons (Fsp3) is 0.714. The van der Waals surface area contributed by atoms with Gasteiger partial charge in [-0.15, -0.1) is 5.10 Å². The van der Waals surface area contributed by atoms with E-state index in [-0.39, 0.29) is 16.9 Å². The Bertz CT molecular complexity index is 358. The summed E-state index contributed by atoms with van der Waals surface area (Å²) in [7, 11) is 0. The first-order valence-electron chi connectivity index (χ1n) is 4.28. The summed E-state index contributed by atoms with van der Waals surface area (Å²) in [6, 6.07) is -2.16. The Morgan fingerprint density at radius 1 is 1.38 bits per heavy atom. The molecule has 0 bridgehead atoms. The normalized spacial score (nSPS) is 14.5. The first-order valence-corrected chi connectivity index (χ1v) is 4.28. The maximum atomic E-state index is 12.5. The molecule has 16 heavy (non-hydrogen) atoms. The van der Waals surface area contributed by atoms with Gasteiger partial charge in [-0.05, 0) is 6.92 Å². The maximum absolute atomic E-state index is 12.5. The lowest BCUT2D eigenvalue weighted by Gasteiger charge is -2.17. The van der Waals surface area contributed by atoms with Gasteiger partial charge in [-0.3, -0.25) is 0 Å². The fourth-order valence-corrected chi connectivity index (χ4v) is 1.13. The molecule has 1 aromatic rings. The van der Waals surface area contributed by atoms with Crippen molar-refractivity contribution in [2.24, 2.45) is 5.73 Å². The molecule has 0 aliphatic carbocycles. The second-order valence-electron chi connectivity index (χ2n) is 3.09. The first-order chi connectivity index (χ1) is 7.29. The highest BCUT2D eigenvalue weighted by molar-refractivity contribution is 5.12. The van der Waals surface area contributed by atoms with Gasteiger partial charge < -0.3 is 5.73 Å². The Labute approximate surface area is 87.2 Å². The zero-order valence-electron chi connectivity index (χ0n) is 8.17. The zero-order valence-corrected chi connectivity index (χ0v) is 8.17. The van der Waals surface area contributed by atoms with Crippen molar-refractivity contribution in [1.29, 1.82) is 0 Å². The molecule has 1 aromatic heterocycles. The van der Waals surface area contributed by atoms with Gasteiger partial charge in [-0.25, -0.2) is 13.5 Å². The zero-order chi connectivity index (χ0) is 12.5. The van der Waals surface area contributed by atoms with Crippen LogP contribution >= 0.6 is 0 Å². The van der Waals surface area contributed by atoms with Crippen LogP contribution in [0.2, 0.25) is 0 Å². The molecule has 0 saturated heterocycles. The molecule has 1 atom stereocenters. The quantitative estimate of drug-likeness (QED) is 0.825. The Morgan fingerprint density at radius 3 is 2.31 bits per heavy atom. The van der Waals surface area contributed by atoms with E-state index in [9.17, 15) is 22.0 Å². The van der Waals surface area contributed by atoms with Crippen LogP contribution < -0.4 is 5.73 Å². The molecule has 1 unspecified atom stereocenters. The van der Waals surface area contributed by atoms with Gasteiger partial charge in [0.25, 0.3) is 6.43 Å². The van der Waals surface area contributed by atoms with E-state index in [1.807, 2.05) is 0 Å². The Morgan fingerprint density at radius 2 is 1.94 bits per heavy atom. The van der Waals surface area contributed by atoms with E-state index in [0.29, 0.717) is 0 Å². The van der Waals surface area contributed by atoms with E-state index < -0.39 is 24.3 Å². The third kappa shape index (κ3) is 2.29. The number of aromatic nitrogens is 3. The largest absolute Gasteiger partial charge is 0.410 e. The summed E-state index contributed by atoms with van der Waals surface area (Å²) in [5.41, 5.74) is 3.87. The highest BCUT2D eigenvalue weighted by Crippen LogP contribution is 2.33. The van der Waals surface area contributed by atoms with Crippen molar-refractivity contribution < 1.29 is 22.0 Å². The summed E-state index contributed by atoms with van der Waals surface area (Å²) in [6.07, 6.45) is -7.76. The molecule has 0 radical (unpaired) electrons. The highest BCUT2D eigenvalue weighted by atomic mass is 19.4. The van der Waals surface area contributed by atoms with E-state index in [0.717, 1.165) is 6.92 Å². The van der Waals surface area contributed by atoms with Crippen LogP contribution in [-0.4, -0.2) is 21.2 Å². The van der Waals surface area contributed by atoms with Crippen LogP contribution in [0.4, 0.5) is 22.0 Å². The predicted molar refractivity (Wildman–Crippen MR) is 43.6 cm³/mol. The van der Waals surface area contributed by atoms with Crippen LogP contribution in [-0.2, 0) is 6.54 Å². The Hall–Kier alpha value is -1.25. The summed E-state index contributed by atoms with van der Waals surface area (Å²) >= 11 is 0. The Balaban J connectivity index is 3.19. The average molecular weight is 244 g/mol. The van der Waals surface area contributed by atoms with E-state index in [2.05, 4.69) is 10.3 Å². The molecule has 0 aliphatic heterocycles. The SMILES string of the molecule is CC(n1nnc(CN)c1C(F)F)C(F)(F)F. The summed E-state index contributed by atoms with van der Waals surface area (Å²) < 4.78 is 62.2. The van der Waals surface area contributed by atoms with Gasteiger partial charge in [0.1, 0.15) is 17.4 Å².